The van der Waals surface area contributed by atoms with Crippen LogP contribution in [0.1, 0.15) is 23.7 Å². The van der Waals surface area contributed by atoms with E-state index in [-0.39, 0.29) is 52.4 Å². The number of ether oxygens (including phenoxy) is 2. The second-order valence-electron chi connectivity index (χ2n) is 5.22. The van der Waals surface area contributed by atoms with E-state index in [9.17, 15) is 23.1 Å². The van der Waals surface area contributed by atoms with E-state index >= 15 is 0 Å². The van der Waals surface area contributed by atoms with Gasteiger partial charge in [0.15, 0.2) is 0 Å². The van der Waals surface area contributed by atoms with Crippen molar-refractivity contribution in [3.63, 3.8) is 0 Å². The number of carbonyl (C=O) groups excluding carboxylic acids is 2. The van der Waals surface area contributed by atoms with Crippen LogP contribution in [0.3, 0.4) is 0 Å². The number of methoxy groups -OCH3 is 1. The van der Waals surface area contributed by atoms with Crippen molar-refractivity contribution in [3.05, 3.63) is 40.3 Å². The Bertz CT molecular complexity index is 1050. The fourth-order valence-electron chi connectivity index (χ4n) is 2.02. The van der Waals surface area contributed by atoms with Crippen molar-refractivity contribution >= 4 is 22.0 Å². The summed E-state index contributed by atoms with van der Waals surface area (Å²) in [4.78, 5) is 35.5. The zero-order valence-electron chi connectivity index (χ0n) is 15.8. The molecule has 1 aromatic heterocycles. The molecule has 146 valence electrons. The Kier molecular flexibility index (Phi) is 8.57. The van der Waals surface area contributed by atoms with Crippen molar-refractivity contribution in [3.8, 4) is 6.01 Å². The molecule has 0 spiro atoms. The molecule has 2 rings (SSSR count). The molecule has 1 aromatic carbocycles. The van der Waals surface area contributed by atoms with Crippen LogP contribution < -0.4 is 40.0 Å². The van der Waals surface area contributed by atoms with E-state index in [1.165, 1.54) is 25.2 Å². The molecule has 0 fully saturated rings. The van der Waals surface area contributed by atoms with Crippen LogP contribution in [0.2, 0.25) is 0 Å². The number of rotatable bonds is 5. The van der Waals surface area contributed by atoms with E-state index < -0.39 is 32.6 Å². The molecular formula is C15H17N4NaO7S. The summed E-state index contributed by atoms with van der Waals surface area (Å²) in [5.74, 6) is -0.915. The predicted molar refractivity (Wildman–Crippen MR) is 91.4 cm³/mol. The van der Waals surface area contributed by atoms with E-state index in [0.717, 1.165) is 17.7 Å². The molecule has 1 atom stereocenters. The molecule has 0 N–H and O–H groups in total. The molecule has 28 heavy (non-hydrogen) atoms. The molecule has 1 heterocycles. The van der Waals surface area contributed by atoms with Gasteiger partial charge in [-0.2, -0.15) is 0 Å². The van der Waals surface area contributed by atoms with Gasteiger partial charge in [-0.3, -0.25) is 4.21 Å². The fourth-order valence-corrected chi connectivity index (χ4v) is 3.08. The molecule has 13 heteroatoms. The largest absolute Gasteiger partial charge is 1.00 e. The molecule has 0 radical (unpaired) electrons. The minimum absolute atomic E-state index is 0. The summed E-state index contributed by atoms with van der Waals surface area (Å²) in [6.07, 6.45) is 0.637. The first-order valence-electron chi connectivity index (χ1n) is 7.71. The summed E-state index contributed by atoms with van der Waals surface area (Å²) in [6.45, 7) is 2.08. The predicted octanol–water partition coefficient (Wildman–Crippen LogP) is -2.21. The van der Waals surface area contributed by atoms with Crippen LogP contribution in [0.25, 0.3) is 0 Å². The SMILES string of the molecule is CCCOc1nn(C(=O)N=S(=O)([O-])c2ccccc2C(=O)OC)c(=O)n1C.[Na+]. The maximum atomic E-state index is 12.5. The number of amides is 1. The van der Waals surface area contributed by atoms with Crippen molar-refractivity contribution in [1.29, 1.82) is 0 Å². The number of aromatic nitrogens is 3. The van der Waals surface area contributed by atoms with Crippen molar-refractivity contribution < 1.29 is 57.4 Å². The van der Waals surface area contributed by atoms with Gasteiger partial charge >= 0.3 is 53.3 Å². The van der Waals surface area contributed by atoms with Gasteiger partial charge in [-0.1, -0.05) is 19.1 Å². The van der Waals surface area contributed by atoms with Gasteiger partial charge in [0, 0.05) is 22.0 Å². The van der Waals surface area contributed by atoms with E-state index in [1.54, 1.807) is 0 Å². The van der Waals surface area contributed by atoms with Gasteiger partial charge in [0.05, 0.1) is 19.3 Å². The first-order valence-corrected chi connectivity index (χ1v) is 9.15. The Morgan fingerprint density at radius 1 is 1.32 bits per heavy atom. The van der Waals surface area contributed by atoms with E-state index in [0.29, 0.717) is 6.42 Å². The molecule has 0 aliphatic heterocycles. The average molecular weight is 420 g/mol. The Morgan fingerprint density at radius 2 is 1.96 bits per heavy atom. The normalized spacial score (nSPS) is 12.4. The van der Waals surface area contributed by atoms with Crippen molar-refractivity contribution in [2.24, 2.45) is 11.4 Å². The minimum Gasteiger partial charge on any atom is -0.760 e. The Hall–Kier alpha value is -1.99. The van der Waals surface area contributed by atoms with Crippen LogP contribution in [0.15, 0.2) is 38.3 Å². The van der Waals surface area contributed by atoms with Crippen LogP contribution in [-0.2, 0) is 21.8 Å². The molecule has 1 amide bonds. The summed E-state index contributed by atoms with van der Waals surface area (Å²) in [5, 5.41) is 3.64. The number of esters is 1. The summed E-state index contributed by atoms with van der Waals surface area (Å²) < 4.78 is 38.9. The Balaban J connectivity index is 0.00000392. The Morgan fingerprint density at radius 3 is 2.57 bits per heavy atom. The third-order valence-corrected chi connectivity index (χ3v) is 4.63. The van der Waals surface area contributed by atoms with E-state index in [1.807, 2.05) is 6.92 Å². The summed E-state index contributed by atoms with van der Waals surface area (Å²) in [6, 6.07) is 3.48. The Labute approximate surface area is 182 Å². The molecule has 1 unspecified atom stereocenters. The average Bonchev–Trinajstić information content (AvgIpc) is 2.93. The molecule has 0 aliphatic carbocycles. The maximum Gasteiger partial charge on any atom is 1.00 e. The second-order valence-corrected chi connectivity index (χ2v) is 6.79. The summed E-state index contributed by atoms with van der Waals surface area (Å²) >= 11 is 0. The number of benzene rings is 1. The number of nitrogens with zero attached hydrogens (tertiary/aromatic N) is 4. The maximum absolute atomic E-state index is 12.5. The zero-order valence-corrected chi connectivity index (χ0v) is 18.6. The second kappa shape index (κ2) is 9.98. The van der Waals surface area contributed by atoms with Gasteiger partial charge in [0.1, 0.15) is 0 Å². The van der Waals surface area contributed by atoms with E-state index in [4.69, 9.17) is 4.74 Å². The van der Waals surface area contributed by atoms with Gasteiger partial charge in [-0.15, -0.1) is 14.1 Å². The molecule has 0 saturated carbocycles. The van der Waals surface area contributed by atoms with Gasteiger partial charge in [0.2, 0.25) is 0 Å². The minimum atomic E-state index is -4.61. The summed E-state index contributed by atoms with van der Waals surface area (Å²) in [7, 11) is -2.21. The number of carbonyl (C=O) groups is 2. The van der Waals surface area contributed by atoms with E-state index in [2.05, 4.69) is 14.2 Å². The van der Waals surface area contributed by atoms with Crippen LogP contribution in [0, 0.1) is 0 Å². The smallest absolute Gasteiger partial charge is 0.760 e. The molecule has 0 saturated heterocycles. The van der Waals surface area contributed by atoms with Gasteiger partial charge in [0.25, 0.3) is 0 Å². The molecule has 2 aromatic rings. The quantitative estimate of drug-likeness (QED) is 0.391. The standard InChI is InChI=1S/C15H18N4O7S.Na/c1-4-9-26-14-16-19(15(22)18(14)2)13(21)17-27(23,24)11-8-6-5-7-10(11)12(20)25-3;/h5-8H,4,9H2,1-3H3,(H,17,21,23,24);/q;+1/p-1. The van der Waals surface area contributed by atoms with Crippen LogP contribution in [0.4, 0.5) is 4.79 Å². The molecular weight excluding hydrogens is 403 g/mol. The molecule has 11 nitrogen and oxygen atoms in total. The first-order chi connectivity index (χ1) is 12.7. The zero-order chi connectivity index (χ0) is 20.2. The van der Waals surface area contributed by atoms with Crippen LogP contribution in [0.5, 0.6) is 6.01 Å². The molecule has 0 aliphatic rings. The summed E-state index contributed by atoms with van der Waals surface area (Å²) in [5.41, 5.74) is -1.22. The van der Waals surface area contributed by atoms with Gasteiger partial charge in [-0.05, 0) is 18.6 Å². The third-order valence-electron chi connectivity index (χ3n) is 3.33. The number of hydrogen-bond donors (Lipinski definition) is 0. The van der Waals surface area contributed by atoms with Gasteiger partial charge in [-0.25, -0.2) is 19.0 Å². The topological polar surface area (TPSA) is 145 Å². The fraction of sp³-hybridized carbons (Fsp3) is 0.333. The van der Waals surface area contributed by atoms with Crippen molar-refractivity contribution in [2.75, 3.05) is 13.7 Å². The van der Waals surface area contributed by atoms with Gasteiger partial charge < -0.3 is 14.0 Å². The first kappa shape index (κ1) is 24.0. The van der Waals surface area contributed by atoms with Crippen LogP contribution in [-0.4, -0.2) is 48.8 Å². The number of hydrogen-bond acceptors (Lipinski definition) is 8. The van der Waals surface area contributed by atoms with Crippen molar-refractivity contribution in [1.82, 2.24) is 14.3 Å². The van der Waals surface area contributed by atoms with Crippen molar-refractivity contribution in [2.45, 2.75) is 18.2 Å². The monoisotopic (exact) mass is 420 g/mol. The molecule has 0 bridgehead atoms. The van der Waals surface area contributed by atoms with Crippen LogP contribution >= 0.6 is 0 Å². The third kappa shape index (κ3) is 5.08.